The Morgan fingerprint density at radius 3 is 2.05 bits per heavy atom. The van der Waals surface area contributed by atoms with Crippen molar-refractivity contribution < 1.29 is 17.2 Å². The van der Waals surface area contributed by atoms with Crippen LogP contribution in [0.5, 0.6) is 0 Å². The monoisotopic (exact) mass is 311 g/mol. The highest BCUT2D eigenvalue weighted by Crippen LogP contribution is 2.21. The van der Waals surface area contributed by atoms with Gasteiger partial charge in [-0.3, -0.25) is 0 Å². The zero-order chi connectivity index (χ0) is 15.6. The van der Waals surface area contributed by atoms with Crippen LogP contribution in [0, 0.1) is 18.6 Å². The van der Waals surface area contributed by atoms with Crippen molar-refractivity contribution >= 4 is 10.0 Å². The Kier molecular flexibility index (Phi) is 4.39. The van der Waals surface area contributed by atoms with Crippen LogP contribution in [-0.2, 0) is 10.0 Å². The standard InChI is InChI=1S/C15H15F2NO2S/c1-10-6-8-12(9-7-10)11(2)18-21(19,20)15-13(16)4-3-5-14(15)17/h3-9,11,18H,1-2H3. The molecular weight excluding hydrogens is 296 g/mol. The van der Waals surface area contributed by atoms with Crippen LogP contribution in [0.3, 0.4) is 0 Å². The van der Waals surface area contributed by atoms with Gasteiger partial charge in [0.2, 0.25) is 10.0 Å². The molecule has 2 rings (SSSR count). The summed E-state index contributed by atoms with van der Waals surface area (Å²) < 4.78 is 53.7. The molecule has 0 radical (unpaired) electrons. The van der Waals surface area contributed by atoms with Gasteiger partial charge in [0, 0.05) is 6.04 Å². The Bertz CT molecular complexity index is 723. The van der Waals surface area contributed by atoms with Crippen molar-refractivity contribution in [2.45, 2.75) is 24.8 Å². The number of hydrogen-bond donors (Lipinski definition) is 1. The molecule has 21 heavy (non-hydrogen) atoms. The van der Waals surface area contributed by atoms with E-state index in [0.717, 1.165) is 23.8 Å². The van der Waals surface area contributed by atoms with Crippen LogP contribution in [0.1, 0.15) is 24.1 Å². The summed E-state index contributed by atoms with van der Waals surface area (Å²) in [7, 11) is -4.28. The van der Waals surface area contributed by atoms with E-state index in [1.165, 1.54) is 0 Å². The quantitative estimate of drug-likeness (QED) is 0.941. The molecule has 0 aliphatic heterocycles. The largest absolute Gasteiger partial charge is 0.246 e. The molecule has 0 aliphatic rings. The van der Waals surface area contributed by atoms with E-state index in [1.807, 2.05) is 19.1 Å². The van der Waals surface area contributed by atoms with Crippen molar-refractivity contribution in [3.8, 4) is 0 Å². The molecule has 3 nitrogen and oxygen atoms in total. The lowest BCUT2D eigenvalue weighted by molar-refractivity contribution is 0.509. The minimum atomic E-state index is -4.28. The van der Waals surface area contributed by atoms with Crippen LogP contribution < -0.4 is 4.72 Å². The molecule has 0 fully saturated rings. The number of nitrogens with one attached hydrogen (secondary N) is 1. The maximum Gasteiger partial charge on any atom is 0.246 e. The Balaban J connectivity index is 2.31. The molecule has 0 saturated heterocycles. The van der Waals surface area contributed by atoms with E-state index in [4.69, 9.17) is 0 Å². The molecule has 0 heterocycles. The predicted molar refractivity (Wildman–Crippen MR) is 76.3 cm³/mol. The van der Waals surface area contributed by atoms with E-state index in [9.17, 15) is 17.2 Å². The zero-order valence-corrected chi connectivity index (χ0v) is 12.4. The molecule has 2 aromatic rings. The molecule has 0 saturated carbocycles. The van der Waals surface area contributed by atoms with E-state index < -0.39 is 32.6 Å². The van der Waals surface area contributed by atoms with E-state index in [1.54, 1.807) is 19.1 Å². The van der Waals surface area contributed by atoms with E-state index in [2.05, 4.69) is 4.72 Å². The van der Waals surface area contributed by atoms with Gasteiger partial charge in [-0.1, -0.05) is 35.9 Å². The summed E-state index contributed by atoms with van der Waals surface area (Å²) in [5, 5.41) is 0. The molecule has 2 aromatic carbocycles. The van der Waals surface area contributed by atoms with Crippen LogP contribution in [0.4, 0.5) is 8.78 Å². The third-order valence-electron chi connectivity index (χ3n) is 3.10. The lowest BCUT2D eigenvalue weighted by Gasteiger charge is -2.15. The summed E-state index contributed by atoms with van der Waals surface area (Å²) in [5.41, 5.74) is 1.75. The van der Waals surface area contributed by atoms with Crippen LogP contribution in [-0.4, -0.2) is 8.42 Å². The second kappa shape index (κ2) is 5.91. The molecule has 0 aliphatic carbocycles. The van der Waals surface area contributed by atoms with Crippen molar-refractivity contribution in [1.82, 2.24) is 4.72 Å². The van der Waals surface area contributed by atoms with Gasteiger partial charge in [-0.25, -0.2) is 21.9 Å². The summed E-state index contributed by atoms with van der Waals surface area (Å²) in [6, 6.07) is 9.54. The first-order valence-corrected chi connectivity index (χ1v) is 7.82. The summed E-state index contributed by atoms with van der Waals surface area (Å²) in [6.07, 6.45) is 0. The molecule has 0 amide bonds. The molecule has 112 valence electrons. The molecule has 0 aromatic heterocycles. The van der Waals surface area contributed by atoms with Crippen LogP contribution in [0.15, 0.2) is 47.4 Å². The number of aryl methyl sites for hydroxylation is 1. The van der Waals surface area contributed by atoms with Gasteiger partial charge in [0.15, 0.2) is 4.90 Å². The highest BCUT2D eigenvalue weighted by molar-refractivity contribution is 7.89. The lowest BCUT2D eigenvalue weighted by Crippen LogP contribution is -2.28. The normalized spacial score (nSPS) is 13.1. The molecule has 1 unspecified atom stereocenters. The Morgan fingerprint density at radius 1 is 1.00 bits per heavy atom. The van der Waals surface area contributed by atoms with Crippen LogP contribution >= 0.6 is 0 Å². The topological polar surface area (TPSA) is 46.2 Å². The third kappa shape index (κ3) is 3.46. The molecule has 1 N–H and O–H groups in total. The number of halogens is 2. The molecular formula is C15H15F2NO2S. The van der Waals surface area contributed by atoms with E-state index in [-0.39, 0.29) is 0 Å². The van der Waals surface area contributed by atoms with Gasteiger partial charge in [-0.2, -0.15) is 0 Å². The van der Waals surface area contributed by atoms with Crippen molar-refractivity contribution in [2.75, 3.05) is 0 Å². The average Bonchev–Trinajstić information content (AvgIpc) is 2.38. The number of benzene rings is 2. The molecule has 0 bridgehead atoms. The van der Waals surface area contributed by atoms with Crippen molar-refractivity contribution in [3.05, 3.63) is 65.2 Å². The SMILES string of the molecule is Cc1ccc(C(C)NS(=O)(=O)c2c(F)cccc2F)cc1. The molecule has 1 atom stereocenters. The summed E-state index contributed by atoms with van der Waals surface area (Å²) in [4.78, 5) is -0.955. The number of sulfonamides is 1. The summed E-state index contributed by atoms with van der Waals surface area (Å²) in [6.45, 7) is 3.52. The van der Waals surface area contributed by atoms with Gasteiger partial charge in [0.05, 0.1) is 0 Å². The third-order valence-corrected chi connectivity index (χ3v) is 4.69. The fraction of sp³-hybridized carbons (Fsp3) is 0.200. The fourth-order valence-electron chi connectivity index (χ4n) is 1.95. The molecule has 0 spiro atoms. The summed E-state index contributed by atoms with van der Waals surface area (Å²) >= 11 is 0. The smallest absolute Gasteiger partial charge is 0.207 e. The second-order valence-corrected chi connectivity index (χ2v) is 6.46. The zero-order valence-electron chi connectivity index (χ0n) is 11.6. The van der Waals surface area contributed by atoms with Gasteiger partial charge in [-0.05, 0) is 31.5 Å². The highest BCUT2D eigenvalue weighted by atomic mass is 32.2. The van der Waals surface area contributed by atoms with E-state index >= 15 is 0 Å². The van der Waals surface area contributed by atoms with Crippen molar-refractivity contribution in [1.29, 1.82) is 0 Å². The fourth-order valence-corrected chi connectivity index (χ4v) is 3.32. The average molecular weight is 311 g/mol. The van der Waals surface area contributed by atoms with Gasteiger partial charge in [-0.15, -0.1) is 0 Å². The van der Waals surface area contributed by atoms with Crippen LogP contribution in [0.25, 0.3) is 0 Å². The van der Waals surface area contributed by atoms with Crippen molar-refractivity contribution in [3.63, 3.8) is 0 Å². The number of rotatable bonds is 4. The van der Waals surface area contributed by atoms with Crippen LogP contribution in [0.2, 0.25) is 0 Å². The first-order valence-electron chi connectivity index (χ1n) is 6.34. The number of hydrogen-bond acceptors (Lipinski definition) is 2. The summed E-state index contributed by atoms with van der Waals surface area (Å²) in [5.74, 6) is -2.22. The first kappa shape index (κ1) is 15.6. The Labute approximate surface area is 122 Å². The first-order chi connectivity index (χ1) is 9.81. The lowest BCUT2D eigenvalue weighted by atomic mass is 10.1. The maximum absolute atomic E-state index is 13.6. The van der Waals surface area contributed by atoms with E-state index in [0.29, 0.717) is 5.56 Å². The molecule has 6 heteroatoms. The Morgan fingerprint density at radius 2 is 1.52 bits per heavy atom. The van der Waals surface area contributed by atoms with Gasteiger partial charge < -0.3 is 0 Å². The highest BCUT2D eigenvalue weighted by Gasteiger charge is 2.25. The van der Waals surface area contributed by atoms with Crippen molar-refractivity contribution in [2.24, 2.45) is 0 Å². The second-order valence-electron chi connectivity index (χ2n) is 4.80. The van der Waals surface area contributed by atoms with Gasteiger partial charge in [0.1, 0.15) is 11.6 Å². The maximum atomic E-state index is 13.6. The Hall–Kier alpha value is -1.79. The predicted octanol–water partition coefficient (Wildman–Crippen LogP) is 3.31. The minimum Gasteiger partial charge on any atom is -0.207 e. The minimum absolute atomic E-state index is 0.602. The van der Waals surface area contributed by atoms with Gasteiger partial charge in [0.25, 0.3) is 0 Å². The van der Waals surface area contributed by atoms with Gasteiger partial charge >= 0.3 is 0 Å².